The predicted octanol–water partition coefficient (Wildman–Crippen LogP) is 4.28. The second-order valence-corrected chi connectivity index (χ2v) is 11.1. The van der Waals surface area contributed by atoms with E-state index in [1.165, 1.54) is 25.3 Å². The number of sulfonamides is 1. The number of benzene rings is 3. The van der Waals surface area contributed by atoms with Crippen LogP contribution in [-0.2, 0) is 33.0 Å². The second-order valence-electron chi connectivity index (χ2n) is 8.98. The maximum atomic E-state index is 13.3. The molecule has 0 radical (unpaired) electrons. The van der Waals surface area contributed by atoms with Gasteiger partial charge in [-0.3, -0.25) is 14.9 Å². The molecule has 0 spiro atoms. The molecular formula is C28H27ClN4O6S. The number of nitrogens with two attached hydrogens (primary N) is 1. The molecule has 4 N–H and O–H groups in total. The number of nitrogen functional groups attached to an aromatic ring is 1. The average Bonchev–Trinajstić information content (AvgIpc) is 3.26. The Morgan fingerprint density at radius 3 is 2.48 bits per heavy atom. The lowest BCUT2D eigenvalue weighted by atomic mass is 10.0. The van der Waals surface area contributed by atoms with Gasteiger partial charge in [-0.05, 0) is 48.4 Å². The van der Waals surface area contributed by atoms with Crippen molar-refractivity contribution in [2.24, 2.45) is 12.8 Å². The number of halogens is 1. The van der Waals surface area contributed by atoms with E-state index in [0.29, 0.717) is 22.9 Å². The number of ketones is 1. The van der Waals surface area contributed by atoms with Gasteiger partial charge in [0.15, 0.2) is 12.4 Å². The van der Waals surface area contributed by atoms with Crippen LogP contribution in [0.4, 0.5) is 5.69 Å². The lowest BCUT2D eigenvalue weighted by Gasteiger charge is -2.14. The molecule has 0 bridgehead atoms. The van der Waals surface area contributed by atoms with Crippen LogP contribution < -0.4 is 15.2 Å². The highest BCUT2D eigenvalue weighted by atomic mass is 35.5. The van der Waals surface area contributed by atoms with Crippen molar-refractivity contribution in [2.45, 2.75) is 17.7 Å². The summed E-state index contributed by atoms with van der Waals surface area (Å²) in [4.78, 5) is 24.4. The fourth-order valence-corrected chi connectivity index (χ4v) is 5.60. The summed E-state index contributed by atoms with van der Waals surface area (Å²) in [5.74, 6) is -0.874. The Kier molecular flexibility index (Phi) is 8.46. The average molecular weight is 583 g/mol. The number of aromatic nitrogens is 1. The highest BCUT2D eigenvalue weighted by Crippen LogP contribution is 2.31. The first-order valence-corrected chi connectivity index (χ1v) is 13.9. The Bertz CT molecular complexity index is 1710. The van der Waals surface area contributed by atoms with Crippen LogP contribution in [0.5, 0.6) is 5.75 Å². The molecule has 40 heavy (non-hydrogen) atoms. The first kappa shape index (κ1) is 28.7. The van der Waals surface area contributed by atoms with Crippen LogP contribution >= 0.6 is 11.6 Å². The summed E-state index contributed by atoms with van der Waals surface area (Å²) in [5.41, 5.74) is 8.48. The van der Waals surface area contributed by atoms with Gasteiger partial charge in [-0.25, -0.2) is 13.2 Å². The predicted molar refractivity (Wildman–Crippen MR) is 153 cm³/mol. The molecule has 12 heteroatoms. The van der Waals surface area contributed by atoms with Gasteiger partial charge in [0, 0.05) is 52.4 Å². The molecule has 0 saturated heterocycles. The molecule has 10 nitrogen and oxygen atoms in total. The Balaban J connectivity index is 1.58. The summed E-state index contributed by atoms with van der Waals surface area (Å²) in [6, 6.07) is 16.1. The molecule has 0 amide bonds. The maximum absolute atomic E-state index is 13.3. The lowest BCUT2D eigenvalue weighted by Crippen LogP contribution is -2.17. The molecule has 0 fully saturated rings. The van der Waals surface area contributed by atoms with Crippen LogP contribution in [0.1, 0.15) is 27.9 Å². The lowest BCUT2D eigenvalue weighted by molar-refractivity contribution is -0.143. The number of aryl methyl sites for hydroxylation is 2. The first-order chi connectivity index (χ1) is 19.0. The van der Waals surface area contributed by atoms with Crippen LogP contribution in [0.15, 0.2) is 71.8 Å². The summed E-state index contributed by atoms with van der Waals surface area (Å²) >= 11 is 6.05. The van der Waals surface area contributed by atoms with Gasteiger partial charge in [-0.2, -0.15) is 0 Å². The van der Waals surface area contributed by atoms with E-state index in [1.54, 1.807) is 48.1 Å². The molecule has 1 heterocycles. The molecule has 208 valence electrons. The maximum Gasteiger partial charge on any atom is 0.343 e. The molecule has 0 aliphatic rings. The van der Waals surface area contributed by atoms with Crippen molar-refractivity contribution >= 4 is 55.8 Å². The van der Waals surface area contributed by atoms with Crippen LogP contribution in [0.3, 0.4) is 0 Å². The number of hydrogen-bond acceptors (Lipinski definition) is 7. The number of methoxy groups -OCH3 is 1. The van der Waals surface area contributed by atoms with Gasteiger partial charge >= 0.3 is 5.97 Å². The number of carbonyl (C=O) groups excluding carboxylic acids is 2. The molecule has 0 aliphatic carbocycles. The minimum Gasteiger partial charge on any atom is -0.480 e. The van der Waals surface area contributed by atoms with Crippen LogP contribution in [0.2, 0.25) is 5.02 Å². The number of esters is 1. The van der Waals surface area contributed by atoms with Crippen LogP contribution in [-0.4, -0.2) is 44.3 Å². The zero-order valence-corrected chi connectivity index (χ0v) is 23.3. The van der Waals surface area contributed by atoms with E-state index in [0.717, 1.165) is 11.1 Å². The molecule has 4 rings (SSSR count). The van der Waals surface area contributed by atoms with Crippen molar-refractivity contribution in [1.29, 1.82) is 5.41 Å². The molecule has 0 unspecified atom stereocenters. The van der Waals surface area contributed by atoms with Gasteiger partial charge in [-0.1, -0.05) is 35.9 Å². The van der Waals surface area contributed by atoms with E-state index in [1.807, 2.05) is 12.1 Å². The van der Waals surface area contributed by atoms with Crippen molar-refractivity contribution < 1.29 is 27.5 Å². The number of fused-ring (bicyclic) bond motifs is 1. The summed E-state index contributed by atoms with van der Waals surface area (Å²) in [6.07, 6.45) is 2.45. The first-order valence-electron chi connectivity index (χ1n) is 12.1. The highest BCUT2D eigenvalue weighted by Gasteiger charge is 2.22. The fraction of sp³-hybridized carbons (Fsp3) is 0.179. The van der Waals surface area contributed by atoms with Gasteiger partial charge in [0.1, 0.15) is 16.5 Å². The number of nitrogens with zero attached hydrogens (tertiary/aromatic N) is 1. The van der Waals surface area contributed by atoms with Crippen molar-refractivity contribution in [3.63, 3.8) is 0 Å². The quantitative estimate of drug-likeness (QED) is 0.103. The number of hydrogen-bond donors (Lipinski definition) is 3. The Hall–Kier alpha value is -4.35. The zero-order chi connectivity index (χ0) is 29.0. The molecule has 4 aromatic rings. The third-order valence-corrected chi connectivity index (χ3v) is 7.85. The minimum absolute atomic E-state index is 0.0230. The number of amidine groups is 1. The Labute approximate surface area is 236 Å². The third kappa shape index (κ3) is 6.44. The number of ether oxygens (including phenoxy) is 2. The number of anilines is 1. The van der Waals surface area contributed by atoms with E-state index < -0.39 is 22.6 Å². The van der Waals surface area contributed by atoms with Gasteiger partial charge in [0.2, 0.25) is 0 Å². The summed E-state index contributed by atoms with van der Waals surface area (Å²) in [6.45, 7) is -0.483. The standard InChI is InChI=1S/C28H27ClN4O6S/c1-33-15-22(24(34)11-5-17-3-6-18(7-4-17)28(30)31)21-14-20(9-10-23(21)33)32-40(36,37)26-13-19(29)8-12-25(26)39-16-27(35)38-2/h3-4,6-10,12-15,32H,5,11,16H2,1-2H3,(H3,30,31). The van der Waals surface area contributed by atoms with E-state index >= 15 is 0 Å². The molecule has 0 atom stereocenters. The van der Waals surface area contributed by atoms with E-state index in [-0.39, 0.29) is 39.4 Å². The number of nitrogens with one attached hydrogen (secondary N) is 2. The van der Waals surface area contributed by atoms with Gasteiger partial charge < -0.3 is 19.8 Å². The summed E-state index contributed by atoms with van der Waals surface area (Å²) < 4.78 is 40.9. The smallest absolute Gasteiger partial charge is 0.343 e. The monoisotopic (exact) mass is 582 g/mol. The topological polar surface area (TPSA) is 154 Å². The Morgan fingerprint density at radius 1 is 1.07 bits per heavy atom. The van der Waals surface area contributed by atoms with E-state index in [9.17, 15) is 18.0 Å². The minimum atomic E-state index is -4.20. The summed E-state index contributed by atoms with van der Waals surface area (Å²) in [5, 5.41) is 8.25. The van der Waals surface area contributed by atoms with Gasteiger partial charge in [0.05, 0.1) is 7.11 Å². The van der Waals surface area contributed by atoms with E-state index in [4.69, 9.17) is 27.5 Å². The molecule has 3 aromatic carbocycles. The second kappa shape index (κ2) is 11.8. The van der Waals surface area contributed by atoms with E-state index in [2.05, 4.69) is 9.46 Å². The SMILES string of the molecule is COC(=O)COc1ccc(Cl)cc1S(=O)(=O)Nc1ccc2c(c1)c(C(=O)CCc1ccc(C(=N)N)cc1)cn2C. The molecule has 0 saturated carbocycles. The van der Waals surface area contributed by atoms with Crippen LogP contribution in [0, 0.1) is 5.41 Å². The molecule has 1 aromatic heterocycles. The van der Waals surface area contributed by atoms with Crippen molar-refractivity contribution in [1.82, 2.24) is 4.57 Å². The summed E-state index contributed by atoms with van der Waals surface area (Å²) in [7, 11) is -1.20. The number of carbonyl (C=O) groups is 2. The molecule has 0 aliphatic heterocycles. The van der Waals surface area contributed by atoms with Crippen LogP contribution in [0.25, 0.3) is 10.9 Å². The highest BCUT2D eigenvalue weighted by molar-refractivity contribution is 7.92. The van der Waals surface area contributed by atoms with Crippen molar-refractivity contribution in [3.05, 3.63) is 88.6 Å². The van der Waals surface area contributed by atoms with Crippen molar-refractivity contribution in [2.75, 3.05) is 18.4 Å². The number of Topliss-reactive ketones (excluding diaryl/α,β-unsaturated/α-hetero) is 1. The van der Waals surface area contributed by atoms with Gasteiger partial charge in [0.25, 0.3) is 10.0 Å². The zero-order valence-electron chi connectivity index (χ0n) is 21.7. The largest absolute Gasteiger partial charge is 0.480 e. The van der Waals surface area contributed by atoms with Crippen molar-refractivity contribution in [3.8, 4) is 5.75 Å². The van der Waals surface area contributed by atoms with Gasteiger partial charge in [-0.15, -0.1) is 0 Å². The normalized spacial score (nSPS) is 11.3. The third-order valence-electron chi connectivity index (χ3n) is 6.22. The molecular weight excluding hydrogens is 556 g/mol. The Morgan fingerprint density at radius 2 is 1.80 bits per heavy atom. The number of rotatable bonds is 11. The fourth-order valence-electron chi connectivity index (χ4n) is 4.14.